The number of nitrogens with zero attached hydrogens (tertiary/aromatic N) is 4. The Morgan fingerprint density at radius 2 is 1.45 bits per heavy atom. The molecule has 0 spiro atoms. The Kier molecular flexibility index (Phi) is 12.2. The maximum absolute atomic E-state index is 13.7. The molecule has 0 aliphatic rings. The van der Waals surface area contributed by atoms with Crippen LogP contribution in [0.4, 0.5) is 8.78 Å². The van der Waals surface area contributed by atoms with Crippen LogP contribution in [0, 0.1) is 40.5 Å². The molecule has 7 aromatic carbocycles. The molecule has 0 aliphatic carbocycles. The summed E-state index contributed by atoms with van der Waals surface area (Å²) in [6.45, 7) is 14.5. The van der Waals surface area contributed by atoms with Crippen LogP contribution in [-0.4, -0.2) is 14.5 Å². The molecule has 0 aliphatic heterocycles. The predicted octanol–water partition coefficient (Wildman–Crippen LogP) is 15.7. The first-order chi connectivity index (χ1) is 32.0. The van der Waals surface area contributed by atoms with Gasteiger partial charge < -0.3 is 14.0 Å². The molecule has 0 bridgehead atoms. The summed E-state index contributed by atoms with van der Waals surface area (Å²) < 4.78 is 52.0. The molecule has 0 N–H and O–H groups in total. The minimum absolute atomic E-state index is 0. The summed E-state index contributed by atoms with van der Waals surface area (Å²) in [6, 6.07) is 50.9. The maximum atomic E-state index is 13.7. The number of rotatable bonds is 7. The van der Waals surface area contributed by atoms with Crippen molar-refractivity contribution in [3.63, 3.8) is 0 Å². The average molecular weight is 1050 g/mol. The Morgan fingerprint density at radius 1 is 0.758 bits per heavy atom. The quantitative estimate of drug-likeness (QED) is 0.149. The van der Waals surface area contributed by atoms with Gasteiger partial charge in [-0.25, -0.2) is 0 Å². The Balaban J connectivity index is 0.000000240. The summed E-state index contributed by atoms with van der Waals surface area (Å²) in [5, 5.41) is 13.5. The van der Waals surface area contributed by atoms with Gasteiger partial charge in [-0.05, 0) is 105 Å². The number of pyridine rings is 1. The first kappa shape index (κ1) is 43.1. The second-order valence-electron chi connectivity index (χ2n) is 18.0. The molecule has 0 saturated carbocycles. The van der Waals surface area contributed by atoms with Crippen LogP contribution in [0.3, 0.4) is 0 Å². The number of furan rings is 1. The number of hydrogen-bond acceptors (Lipinski definition) is 4. The van der Waals surface area contributed by atoms with Gasteiger partial charge in [0.2, 0.25) is 0 Å². The van der Waals surface area contributed by atoms with E-state index in [9.17, 15) is 14.0 Å². The van der Waals surface area contributed by atoms with E-state index in [-0.39, 0.29) is 37.5 Å². The molecule has 8 heteroatoms. The molecule has 10 rings (SSSR count). The number of fused-ring (bicyclic) bond motifs is 6. The molecule has 66 heavy (non-hydrogen) atoms. The zero-order valence-electron chi connectivity index (χ0n) is 39.7. The first-order valence-corrected chi connectivity index (χ1v) is 21.8. The molecular weight excluding hydrogens is 999 g/mol. The van der Waals surface area contributed by atoms with E-state index >= 15 is 0 Å². The van der Waals surface area contributed by atoms with E-state index in [1.165, 1.54) is 40.2 Å². The van der Waals surface area contributed by atoms with Crippen molar-refractivity contribution < 1.29 is 36.0 Å². The number of para-hydroxylation sites is 2. The number of aromatic nitrogens is 3. The molecule has 0 atom stereocenters. The van der Waals surface area contributed by atoms with Gasteiger partial charge in [0.25, 0.3) is 0 Å². The summed E-state index contributed by atoms with van der Waals surface area (Å²) in [5.41, 5.74) is 11.3. The number of imidazole rings is 1. The van der Waals surface area contributed by atoms with Gasteiger partial charge in [0.15, 0.2) is 0 Å². The molecule has 0 saturated heterocycles. The Hall–Kier alpha value is -6.78. The van der Waals surface area contributed by atoms with Crippen LogP contribution in [0.2, 0.25) is 0 Å². The summed E-state index contributed by atoms with van der Waals surface area (Å²) >= 11 is 0. The average Bonchev–Trinajstić information content (AvgIpc) is 3.90. The van der Waals surface area contributed by atoms with Crippen LogP contribution in [0.1, 0.15) is 85.3 Å². The summed E-state index contributed by atoms with van der Waals surface area (Å²) in [5.74, 6) is -0.106. The zero-order chi connectivity index (χ0) is 47.4. The number of hydrogen-bond donors (Lipinski definition) is 0. The minimum Gasteiger partial charge on any atom is -0.500 e. The monoisotopic (exact) mass is 1050 g/mol. The van der Waals surface area contributed by atoms with Crippen LogP contribution in [0.5, 0.6) is 0 Å². The fraction of sp³-hybridized carbons (Fsp3) is 0.190. The second-order valence-corrected chi connectivity index (χ2v) is 18.0. The predicted molar refractivity (Wildman–Crippen MR) is 260 cm³/mol. The van der Waals surface area contributed by atoms with E-state index in [1.54, 1.807) is 26.8 Å². The van der Waals surface area contributed by atoms with Gasteiger partial charge in [-0.1, -0.05) is 138 Å². The Labute approximate surface area is 400 Å². The molecule has 5 nitrogen and oxygen atoms in total. The molecule has 3 heterocycles. The van der Waals surface area contributed by atoms with Gasteiger partial charge in [0.1, 0.15) is 5.58 Å². The third-order valence-corrected chi connectivity index (χ3v) is 11.5. The second kappa shape index (κ2) is 18.6. The Morgan fingerprint density at radius 3 is 2.12 bits per heavy atom. The van der Waals surface area contributed by atoms with Gasteiger partial charge in [0, 0.05) is 57.1 Å². The van der Waals surface area contributed by atoms with E-state index in [4.69, 9.17) is 12.1 Å². The van der Waals surface area contributed by atoms with E-state index in [1.807, 2.05) is 30.3 Å². The SMILES string of the molecule is CC(C)c1cc(-c2ccccc2)cc(C(C)C)c1-n1c(-c2[c-]ccc3c2oc2c4ccc(C#N)cc4ccc32)nc2ccccc21.[2H]C([2H])(c1ccc(-c2[c-]cc(F)cc2F)nc1)C(C)(C)C.[Ir]. The van der Waals surface area contributed by atoms with Crippen molar-refractivity contribution in [2.75, 3.05) is 0 Å². The fourth-order valence-electron chi connectivity index (χ4n) is 8.49. The summed E-state index contributed by atoms with van der Waals surface area (Å²) in [4.78, 5) is 9.37. The third-order valence-electron chi connectivity index (χ3n) is 11.5. The molecule has 0 unspecified atom stereocenters. The standard InChI is InChI=1S/C42H32N3O.C16H16F2N.Ir/c1-25(2)35-22-30(28-11-6-5-7-12-28)23-36(26(3)4)39(35)45-38-16-9-8-15-37(38)44-42(45)34-14-10-13-32-33-20-18-29-21-27(24-43)17-19-31(29)40(33)46-41(32)34;1-16(2,3)9-11-4-7-15(19-10-11)13-6-5-12(17)8-14(13)18;/h5-13,15-23,25-26H,1-4H3;4-5,7-8,10H,9H2,1-3H3;/q2*-1;/i;9D2;. The van der Waals surface area contributed by atoms with Crippen LogP contribution in [0.25, 0.3) is 83.2 Å². The van der Waals surface area contributed by atoms with Crippen molar-refractivity contribution >= 4 is 43.7 Å². The van der Waals surface area contributed by atoms with Crippen LogP contribution in [0.15, 0.2) is 144 Å². The summed E-state index contributed by atoms with van der Waals surface area (Å²) in [7, 11) is 0. The first-order valence-electron chi connectivity index (χ1n) is 22.8. The van der Waals surface area contributed by atoms with Crippen molar-refractivity contribution in [2.45, 2.75) is 66.7 Å². The molecule has 3 aromatic heterocycles. The largest absolute Gasteiger partial charge is 0.500 e. The normalized spacial score (nSPS) is 12.3. The molecule has 10 aromatic rings. The van der Waals surface area contributed by atoms with Crippen LogP contribution in [-0.2, 0) is 26.5 Å². The number of nitriles is 1. The molecule has 0 amide bonds. The molecule has 331 valence electrons. The number of halogens is 2. The molecule has 0 fully saturated rings. The third kappa shape index (κ3) is 8.94. The van der Waals surface area contributed by atoms with Crippen molar-refractivity contribution in [3.8, 4) is 45.5 Å². The van der Waals surface area contributed by atoms with Crippen molar-refractivity contribution in [1.82, 2.24) is 14.5 Å². The van der Waals surface area contributed by atoms with Gasteiger partial charge in [-0.15, -0.1) is 30.3 Å². The maximum Gasteiger partial charge on any atom is 0.128 e. The van der Waals surface area contributed by atoms with Crippen molar-refractivity contribution in [1.29, 1.82) is 5.26 Å². The minimum atomic E-state index is -1.57. The number of benzene rings is 7. The van der Waals surface area contributed by atoms with Gasteiger partial charge in [0.05, 0.1) is 34.1 Å². The van der Waals surface area contributed by atoms with E-state index in [2.05, 4.69) is 134 Å². The van der Waals surface area contributed by atoms with Crippen LogP contribution < -0.4 is 0 Å². The van der Waals surface area contributed by atoms with Gasteiger partial charge in [-0.3, -0.25) is 13.8 Å². The van der Waals surface area contributed by atoms with E-state index in [0.717, 1.165) is 67.3 Å². The summed E-state index contributed by atoms with van der Waals surface area (Å²) in [6.07, 6.45) is -0.180. The van der Waals surface area contributed by atoms with Crippen LogP contribution >= 0.6 is 0 Å². The fourth-order valence-corrected chi connectivity index (χ4v) is 8.49. The van der Waals surface area contributed by atoms with Crippen molar-refractivity contribution in [3.05, 3.63) is 186 Å². The topological polar surface area (TPSA) is 67.6 Å². The smallest absolute Gasteiger partial charge is 0.128 e. The van der Waals surface area contributed by atoms with E-state index < -0.39 is 23.4 Å². The molecule has 1 radical (unpaired) electrons. The Bertz CT molecular complexity index is 3500. The van der Waals surface area contributed by atoms with Gasteiger partial charge in [-0.2, -0.15) is 5.26 Å². The van der Waals surface area contributed by atoms with Gasteiger partial charge >= 0.3 is 0 Å². The molecular formula is C58H48F2IrN4O-2. The zero-order valence-corrected chi connectivity index (χ0v) is 40.1. The van der Waals surface area contributed by atoms with Crippen molar-refractivity contribution in [2.24, 2.45) is 5.41 Å². The van der Waals surface area contributed by atoms with E-state index in [0.29, 0.717) is 16.8 Å².